The number of benzene rings is 1. The monoisotopic (exact) mass is 279 g/mol. The molecule has 3 rings (SSSR count). The zero-order chi connectivity index (χ0) is 13.5. The fourth-order valence-electron chi connectivity index (χ4n) is 2.85. The molecule has 0 radical (unpaired) electrons. The average Bonchev–Trinajstić information content (AvgIpc) is 2.82. The number of aromatic nitrogens is 1. The molecule has 0 spiro atoms. The van der Waals surface area contributed by atoms with E-state index in [0.717, 1.165) is 18.4 Å². The summed E-state index contributed by atoms with van der Waals surface area (Å²) in [4.78, 5) is 3.27. The van der Waals surface area contributed by atoms with Crippen LogP contribution in [0.5, 0.6) is 0 Å². The summed E-state index contributed by atoms with van der Waals surface area (Å²) in [5, 5.41) is 6.39. The number of rotatable bonds is 2. The predicted octanol–water partition coefficient (Wildman–Crippen LogP) is 1.55. The van der Waals surface area contributed by atoms with Crippen molar-refractivity contribution in [3.8, 4) is 0 Å². The van der Waals surface area contributed by atoms with Crippen LogP contribution in [0.4, 0.5) is 0 Å². The van der Waals surface area contributed by atoms with Crippen molar-refractivity contribution in [1.82, 2.24) is 9.29 Å². The van der Waals surface area contributed by atoms with Gasteiger partial charge in [-0.05, 0) is 30.4 Å². The molecule has 5 nitrogen and oxygen atoms in total. The topological polar surface area (TPSA) is 79.2 Å². The summed E-state index contributed by atoms with van der Waals surface area (Å²) in [6.07, 6.45) is 3.68. The number of nitrogens with zero attached hydrogens (tertiary/aromatic N) is 1. The lowest BCUT2D eigenvalue weighted by atomic mass is 9.90. The molecule has 1 aliphatic rings. The number of hydrogen-bond acceptors (Lipinski definition) is 2. The minimum atomic E-state index is -3.54. The van der Waals surface area contributed by atoms with Crippen molar-refractivity contribution < 1.29 is 8.42 Å². The molecule has 3 N–H and O–H groups in total. The van der Waals surface area contributed by atoms with E-state index in [1.54, 1.807) is 0 Å². The molecule has 1 aromatic heterocycles. The van der Waals surface area contributed by atoms with Crippen molar-refractivity contribution in [2.75, 3.05) is 13.1 Å². The summed E-state index contributed by atoms with van der Waals surface area (Å²) in [7, 11) is -3.54. The summed E-state index contributed by atoms with van der Waals surface area (Å²) < 4.78 is 23.9. The number of nitrogens with two attached hydrogens (primary N) is 1. The van der Waals surface area contributed by atoms with E-state index in [-0.39, 0.29) is 0 Å². The fraction of sp³-hybridized carbons (Fsp3) is 0.385. The second-order valence-electron chi connectivity index (χ2n) is 5.01. The number of nitrogens with one attached hydrogen (secondary N) is 1. The Hall–Kier alpha value is -1.37. The Bertz CT molecular complexity index is 685. The molecule has 0 saturated carbocycles. The zero-order valence-electron chi connectivity index (χ0n) is 10.5. The molecular weight excluding hydrogens is 262 g/mol. The van der Waals surface area contributed by atoms with Gasteiger partial charge in [-0.1, -0.05) is 18.2 Å². The molecule has 6 heteroatoms. The highest BCUT2D eigenvalue weighted by Gasteiger charge is 2.27. The molecule has 0 bridgehead atoms. The van der Waals surface area contributed by atoms with E-state index in [1.165, 1.54) is 15.3 Å². The van der Waals surface area contributed by atoms with Crippen LogP contribution in [0.3, 0.4) is 0 Å². The van der Waals surface area contributed by atoms with Gasteiger partial charge in [-0.15, -0.1) is 0 Å². The molecular formula is C13H17N3O2S. The second kappa shape index (κ2) is 4.63. The zero-order valence-corrected chi connectivity index (χ0v) is 11.4. The van der Waals surface area contributed by atoms with Crippen molar-refractivity contribution in [3.05, 3.63) is 36.0 Å². The van der Waals surface area contributed by atoms with Crippen LogP contribution in [0.25, 0.3) is 10.9 Å². The number of para-hydroxylation sites is 1. The third-order valence-corrected chi connectivity index (χ3v) is 4.96. The van der Waals surface area contributed by atoms with Crippen LogP contribution in [0, 0.1) is 0 Å². The lowest BCUT2D eigenvalue weighted by Gasteiger charge is -2.29. The molecule has 2 aromatic rings. The van der Waals surface area contributed by atoms with Gasteiger partial charge in [0.25, 0.3) is 10.2 Å². The van der Waals surface area contributed by atoms with Crippen molar-refractivity contribution in [2.24, 2.45) is 5.14 Å². The van der Waals surface area contributed by atoms with Gasteiger partial charge in [0.2, 0.25) is 0 Å². The first-order valence-corrected chi connectivity index (χ1v) is 7.90. The molecule has 2 heterocycles. The van der Waals surface area contributed by atoms with Gasteiger partial charge in [-0.25, -0.2) is 5.14 Å². The quantitative estimate of drug-likeness (QED) is 0.874. The maximum atomic E-state index is 11.3. The number of hydrogen-bond donors (Lipinski definition) is 2. The molecule has 1 aromatic carbocycles. The standard InChI is InChI=1S/C13H17N3O2S/c14-19(17,18)16-7-5-10(6-8-16)12-9-15-13-4-2-1-3-11(12)13/h1-4,9-10,15H,5-8H2,(H2,14,17,18). The first-order valence-electron chi connectivity index (χ1n) is 6.39. The molecule has 1 aliphatic heterocycles. The summed E-state index contributed by atoms with van der Waals surface area (Å²) in [5.74, 6) is 0.397. The van der Waals surface area contributed by atoms with Crippen LogP contribution in [0.15, 0.2) is 30.5 Å². The van der Waals surface area contributed by atoms with Gasteiger partial charge in [0.1, 0.15) is 0 Å². The molecule has 0 atom stereocenters. The number of fused-ring (bicyclic) bond motifs is 1. The van der Waals surface area contributed by atoms with Gasteiger partial charge in [0.05, 0.1) is 0 Å². The van der Waals surface area contributed by atoms with Gasteiger partial charge in [0, 0.05) is 30.2 Å². The van der Waals surface area contributed by atoms with Crippen molar-refractivity contribution in [2.45, 2.75) is 18.8 Å². The molecule has 0 aliphatic carbocycles. The molecule has 1 fully saturated rings. The van der Waals surface area contributed by atoms with Gasteiger partial charge >= 0.3 is 0 Å². The van der Waals surface area contributed by atoms with Crippen LogP contribution >= 0.6 is 0 Å². The van der Waals surface area contributed by atoms with E-state index in [9.17, 15) is 8.42 Å². The van der Waals surface area contributed by atoms with Crippen LogP contribution in [0.1, 0.15) is 24.3 Å². The van der Waals surface area contributed by atoms with Gasteiger partial charge in [-0.2, -0.15) is 12.7 Å². The Balaban J connectivity index is 1.82. The predicted molar refractivity (Wildman–Crippen MR) is 75.0 cm³/mol. The van der Waals surface area contributed by atoms with Crippen LogP contribution < -0.4 is 5.14 Å². The Labute approximate surface area is 112 Å². The Morgan fingerprint density at radius 2 is 1.89 bits per heavy atom. The van der Waals surface area contributed by atoms with E-state index in [0.29, 0.717) is 19.0 Å². The van der Waals surface area contributed by atoms with Crippen molar-refractivity contribution >= 4 is 21.1 Å². The maximum Gasteiger partial charge on any atom is 0.276 e. The third-order valence-electron chi connectivity index (χ3n) is 3.87. The lowest BCUT2D eigenvalue weighted by molar-refractivity contribution is 0.320. The highest BCUT2D eigenvalue weighted by Crippen LogP contribution is 2.33. The molecule has 0 amide bonds. The van der Waals surface area contributed by atoms with Crippen molar-refractivity contribution in [3.63, 3.8) is 0 Å². The Morgan fingerprint density at radius 3 is 2.58 bits per heavy atom. The van der Waals surface area contributed by atoms with Gasteiger partial charge in [-0.3, -0.25) is 0 Å². The van der Waals surface area contributed by atoms with Gasteiger partial charge < -0.3 is 4.98 Å². The largest absolute Gasteiger partial charge is 0.361 e. The van der Waals surface area contributed by atoms with E-state index in [1.807, 2.05) is 18.3 Å². The van der Waals surface area contributed by atoms with Crippen LogP contribution in [-0.2, 0) is 10.2 Å². The normalized spacial score (nSPS) is 19.0. The Morgan fingerprint density at radius 1 is 1.21 bits per heavy atom. The van der Waals surface area contributed by atoms with E-state index in [2.05, 4.69) is 17.1 Å². The second-order valence-corrected chi connectivity index (χ2v) is 6.55. The van der Waals surface area contributed by atoms with Crippen molar-refractivity contribution in [1.29, 1.82) is 0 Å². The molecule has 0 unspecified atom stereocenters. The Kier molecular flexibility index (Phi) is 3.08. The minimum Gasteiger partial charge on any atom is -0.361 e. The fourth-order valence-corrected chi connectivity index (χ4v) is 3.57. The van der Waals surface area contributed by atoms with E-state index in [4.69, 9.17) is 5.14 Å². The SMILES string of the molecule is NS(=O)(=O)N1CCC(c2c[nH]c3ccccc23)CC1. The maximum absolute atomic E-state index is 11.3. The highest BCUT2D eigenvalue weighted by atomic mass is 32.2. The molecule has 19 heavy (non-hydrogen) atoms. The summed E-state index contributed by atoms with van der Waals surface area (Å²) in [6, 6.07) is 8.19. The molecule has 1 saturated heterocycles. The van der Waals surface area contributed by atoms with Crippen LogP contribution in [0.2, 0.25) is 0 Å². The van der Waals surface area contributed by atoms with Gasteiger partial charge in [0.15, 0.2) is 0 Å². The van der Waals surface area contributed by atoms with Crippen LogP contribution in [-0.4, -0.2) is 30.8 Å². The molecule has 102 valence electrons. The summed E-state index contributed by atoms with van der Waals surface area (Å²) in [6.45, 7) is 1.01. The first kappa shape index (κ1) is 12.7. The average molecular weight is 279 g/mol. The first-order chi connectivity index (χ1) is 9.05. The minimum absolute atomic E-state index is 0.397. The van der Waals surface area contributed by atoms with E-state index < -0.39 is 10.2 Å². The summed E-state index contributed by atoms with van der Waals surface area (Å²) in [5.41, 5.74) is 2.41. The van der Waals surface area contributed by atoms with E-state index >= 15 is 0 Å². The number of piperidine rings is 1. The lowest BCUT2D eigenvalue weighted by Crippen LogP contribution is -2.41. The number of H-pyrrole nitrogens is 1. The number of aromatic amines is 1. The smallest absolute Gasteiger partial charge is 0.276 e. The highest BCUT2D eigenvalue weighted by molar-refractivity contribution is 7.86. The summed E-state index contributed by atoms with van der Waals surface area (Å²) >= 11 is 0. The third kappa shape index (κ3) is 2.39.